The summed E-state index contributed by atoms with van der Waals surface area (Å²) in [4.78, 5) is 0. The van der Waals surface area contributed by atoms with Gasteiger partial charge in [0.1, 0.15) is 0 Å². The molecule has 1 heteroatoms. The lowest BCUT2D eigenvalue weighted by molar-refractivity contribution is 0.539. The Balaban J connectivity index is 0.000000129. The first-order valence-corrected chi connectivity index (χ1v) is 9.84. The van der Waals surface area contributed by atoms with Crippen LogP contribution < -0.4 is 0 Å². The molecule has 6 aliphatic rings. The smallest absolute Gasteiger partial charge is 0.00879 e. The summed E-state index contributed by atoms with van der Waals surface area (Å²) in [5, 5.41) is 0. The molecule has 0 aromatic heterocycles. The van der Waals surface area contributed by atoms with Gasteiger partial charge in [0.2, 0.25) is 0 Å². The van der Waals surface area contributed by atoms with Crippen LogP contribution in [0.4, 0.5) is 0 Å². The summed E-state index contributed by atoms with van der Waals surface area (Å²) in [7, 11) is 0. The maximum Gasteiger partial charge on any atom is -0.00879 e. The van der Waals surface area contributed by atoms with Crippen molar-refractivity contribution in [3.8, 4) is 11.1 Å². The molecule has 6 rings (SSSR count). The van der Waals surface area contributed by atoms with E-state index in [2.05, 4.69) is 85.0 Å². The minimum absolute atomic E-state index is 0. The molecule has 0 radical (unpaired) electrons. The second-order valence-corrected chi connectivity index (χ2v) is 7.66. The van der Waals surface area contributed by atoms with Crippen molar-refractivity contribution in [3.05, 3.63) is 101 Å². The highest BCUT2D eigenvalue weighted by Gasteiger charge is 2.30. The first kappa shape index (κ1) is 17.9. The topological polar surface area (TPSA) is 0 Å². The zero-order chi connectivity index (χ0) is 17.3. The van der Waals surface area contributed by atoms with E-state index in [9.17, 15) is 0 Å². The summed E-state index contributed by atoms with van der Waals surface area (Å²) in [6.45, 7) is 0. The minimum Gasteiger partial charge on any atom is -0.0808 e. The molecule has 0 heterocycles. The van der Waals surface area contributed by atoms with E-state index in [1.54, 1.807) is 5.57 Å². The molecule has 6 aliphatic carbocycles. The van der Waals surface area contributed by atoms with Crippen molar-refractivity contribution in [2.24, 2.45) is 11.8 Å². The minimum atomic E-state index is 0. The van der Waals surface area contributed by atoms with E-state index in [0.717, 1.165) is 18.3 Å². The standard InChI is InChI=1S/C13H14.C13H10.BH4/c2*1-4-10-6-2-8-12(10)13-9-3-7-11(13)5-1;/h1-2,4-6,8,11,13H,3,7,9H2;1-6,8-9H,7H2;1H4/q;;-1. The van der Waals surface area contributed by atoms with Gasteiger partial charge in [-0.3, -0.25) is 0 Å². The van der Waals surface area contributed by atoms with Crippen molar-refractivity contribution >= 4 is 14.5 Å². The van der Waals surface area contributed by atoms with Gasteiger partial charge >= 0.3 is 0 Å². The largest absolute Gasteiger partial charge is 0.0808 e. The predicted octanol–water partition coefficient (Wildman–Crippen LogP) is 5.30. The number of allylic oxidation sites excluding steroid dienone is 9. The molecule has 0 aliphatic heterocycles. The highest BCUT2D eigenvalue weighted by molar-refractivity contribution is 5.80. The van der Waals surface area contributed by atoms with E-state index in [0.29, 0.717) is 0 Å². The SMILES string of the molecule is C1=CC2=CC=CC3CCCC3C2=C1.C1=Cc2c(cccc3cccc2-3)C1.[BH4-]. The Labute approximate surface area is 164 Å². The summed E-state index contributed by atoms with van der Waals surface area (Å²) >= 11 is 0. The molecular weight excluding hydrogens is 323 g/mol. The molecule has 0 aromatic carbocycles. The van der Waals surface area contributed by atoms with Crippen LogP contribution in [-0.4, -0.2) is 8.41 Å². The second-order valence-electron chi connectivity index (χ2n) is 7.66. The summed E-state index contributed by atoms with van der Waals surface area (Å²) < 4.78 is 0. The van der Waals surface area contributed by atoms with Gasteiger partial charge in [0.05, 0.1) is 0 Å². The zero-order valence-electron chi connectivity index (χ0n) is 15.1. The summed E-state index contributed by atoms with van der Waals surface area (Å²) in [6, 6.07) is 13.0. The average Bonchev–Trinajstić information content (AvgIpc) is 3.42. The van der Waals surface area contributed by atoms with Crippen molar-refractivity contribution in [1.82, 2.24) is 0 Å². The molecule has 2 unspecified atom stereocenters. The monoisotopic (exact) mass is 351 g/mol. The van der Waals surface area contributed by atoms with Crippen LogP contribution in [0.2, 0.25) is 0 Å². The Kier molecular flexibility index (Phi) is 5.03. The van der Waals surface area contributed by atoms with Gasteiger partial charge in [-0.2, -0.15) is 0 Å². The van der Waals surface area contributed by atoms with Crippen LogP contribution in [0.5, 0.6) is 0 Å². The fourth-order valence-electron chi connectivity index (χ4n) is 4.88. The first-order valence-electron chi connectivity index (χ1n) is 9.84. The maximum atomic E-state index is 2.40. The number of rotatable bonds is 0. The maximum absolute atomic E-state index is 2.40. The van der Waals surface area contributed by atoms with Gasteiger partial charge in [0.15, 0.2) is 0 Å². The van der Waals surface area contributed by atoms with Gasteiger partial charge in [0, 0.05) is 0 Å². The first-order chi connectivity index (χ1) is 12.9. The molecule has 0 spiro atoms. The lowest BCUT2D eigenvalue weighted by atomic mass is 9.87. The van der Waals surface area contributed by atoms with Crippen LogP contribution in [0.3, 0.4) is 0 Å². The van der Waals surface area contributed by atoms with Crippen molar-refractivity contribution in [2.45, 2.75) is 25.7 Å². The second kappa shape index (κ2) is 7.60. The van der Waals surface area contributed by atoms with Crippen LogP contribution >= 0.6 is 0 Å². The zero-order valence-corrected chi connectivity index (χ0v) is 15.1. The van der Waals surface area contributed by atoms with Crippen LogP contribution in [-0.2, 0) is 6.42 Å². The third kappa shape index (κ3) is 3.27. The van der Waals surface area contributed by atoms with Crippen molar-refractivity contribution in [1.29, 1.82) is 0 Å². The van der Waals surface area contributed by atoms with Gasteiger partial charge in [0.25, 0.3) is 0 Å². The van der Waals surface area contributed by atoms with Gasteiger partial charge in [-0.1, -0.05) is 99.8 Å². The van der Waals surface area contributed by atoms with Crippen molar-refractivity contribution in [2.75, 3.05) is 0 Å². The summed E-state index contributed by atoms with van der Waals surface area (Å²) in [6.07, 6.45) is 23.4. The Bertz CT molecular complexity index is 954. The molecule has 0 nitrogen and oxygen atoms in total. The number of hydrogen-bond acceptors (Lipinski definition) is 0. The molecule has 1 fully saturated rings. The number of fused-ring (bicyclic) bond motifs is 6. The highest BCUT2D eigenvalue weighted by Crippen LogP contribution is 2.43. The third-order valence-electron chi connectivity index (χ3n) is 6.17. The normalized spacial score (nSPS) is 23.4. The Hall–Kier alpha value is -2.54. The fourth-order valence-corrected chi connectivity index (χ4v) is 4.88. The van der Waals surface area contributed by atoms with E-state index in [4.69, 9.17) is 0 Å². The van der Waals surface area contributed by atoms with E-state index < -0.39 is 0 Å². The Morgan fingerprint density at radius 1 is 0.852 bits per heavy atom. The van der Waals surface area contributed by atoms with Gasteiger partial charge in [-0.25, -0.2) is 0 Å². The summed E-state index contributed by atoms with van der Waals surface area (Å²) in [5.74, 6) is 1.64. The van der Waals surface area contributed by atoms with Crippen molar-refractivity contribution in [3.63, 3.8) is 0 Å². The molecule has 0 amide bonds. The quantitative estimate of drug-likeness (QED) is 0.565. The number of hydrogen-bond donors (Lipinski definition) is 0. The lowest BCUT2D eigenvalue weighted by Gasteiger charge is -2.17. The molecule has 1 saturated carbocycles. The molecule has 136 valence electrons. The van der Waals surface area contributed by atoms with E-state index in [-0.39, 0.29) is 8.41 Å². The molecule has 0 N–H and O–H groups in total. The third-order valence-corrected chi connectivity index (χ3v) is 6.17. The van der Waals surface area contributed by atoms with Crippen LogP contribution in [0.15, 0.2) is 90.1 Å². The molecule has 0 aromatic rings. The fraction of sp³-hybridized carbons (Fsp3) is 0.231. The Morgan fingerprint density at radius 3 is 2.67 bits per heavy atom. The van der Waals surface area contributed by atoms with E-state index >= 15 is 0 Å². The summed E-state index contributed by atoms with van der Waals surface area (Å²) in [5.41, 5.74) is 8.62. The molecular formula is C26H28B-. The van der Waals surface area contributed by atoms with Crippen molar-refractivity contribution < 1.29 is 0 Å². The lowest BCUT2D eigenvalue weighted by Crippen LogP contribution is -2.07. The highest BCUT2D eigenvalue weighted by atomic mass is 14.3. The molecule has 2 atom stereocenters. The molecule has 27 heavy (non-hydrogen) atoms. The van der Waals surface area contributed by atoms with Crippen LogP contribution in [0, 0.1) is 11.8 Å². The van der Waals surface area contributed by atoms with Gasteiger partial charge in [-0.05, 0) is 64.5 Å². The predicted molar refractivity (Wildman–Crippen MR) is 122 cm³/mol. The molecule has 0 saturated heterocycles. The van der Waals surface area contributed by atoms with E-state index in [1.165, 1.54) is 47.1 Å². The van der Waals surface area contributed by atoms with Crippen LogP contribution in [0.1, 0.15) is 30.4 Å². The Morgan fingerprint density at radius 2 is 1.74 bits per heavy atom. The van der Waals surface area contributed by atoms with Crippen LogP contribution in [0.25, 0.3) is 17.2 Å². The van der Waals surface area contributed by atoms with E-state index in [1.807, 2.05) is 0 Å². The molecule has 0 bridgehead atoms. The average molecular weight is 351 g/mol. The van der Waals surface area contributed by atoms with Gasteiger partial charge < -0.3 is 0 Å². The van der Waals surface area contributed by atoms with Gasteiger partial charge in [-0.15, -0.1) is 0 Å².